The summed E-state index contributed by atoms with van der Waals surface area (Å²) in [6.07, 6.45) is -1.78. The van der Waals surface area contributed by atoms with Gasteiger partial charge in [-0.25, -0.2) is 14.3 Å². The van der Waals surface area contributed by atoms with Gasteiger partial charge in [-0.15, -0.1) is 0 Å². The van der Waals surface area contributed by atoms with Crippen molar-refractivity contribution >= 4 is 22.8 Å². The monoisotopic (exact) mass is 470 g/mol. The van der Waals surface area contributed by atoms with E-state index in [2.05, 4.69) is 15.2 Å². The topological polar surface area (TPSA) is 78.1 Å². The summed E-state index contributed by atoms with van der Waals surface area (Å²) in [6.45, 7) is 1.62. The lowest BCUT2D eigenvalue weighted by Gasteiger charge is -2.33. The number of aryl methyl sites for hydroxylation is 1. The Morgan fingerprint density at radius 1 is 1.15 bits per heavy atom. The first kappa shape index (κ1) is 21.9. The van der Waals surface area contributed by atoms with Gasteiger partial charge >= 0.3 is 6.18 Å². The number of hydrogen-bond acceptors (Lipinski definition) is 5. The van der Waals surface area contributed by atoms with Crippen LogP contribution in [0.15, 0.2) is 48.8 Å². The van der Waals surface area contributed by atoms with Crippen LogP contribution in [0.25, 0.3) is 22.2 Å². The fraction of sp³-hybridized carbons (Fsp3) is 0.304. The number of fused-ring (bicyclic) bond motifs is 2. The highest BCUT2D eigenvalue weighted by Gasteiger charge is 2.45. The lowest BCUT2D eigenvalue weighted by atomic mass is 10.0. The van der Waals surface area contributed by atoms with Crippen LogP contribution in [0.1, 0.15) is 18.2 Å². The zero-order valence-corrected chi connectivity index (χ0v) is 18.5. The normalized spacial score (nSPS) is 16.0. The van der Waals surface area contributed by atoms with E-state index in [0.29, 0.717) is 11.3 Å². The van der Waals surface area contributed by atoms with E-state index >= 15 is 0 Å². The Balaban J connectivity index is 1.46. The number of pyridine rings is 1. The molecule has 4 heterocycles. The summed E-state index contributed by atoms with van der Waals surface area (Å²) >= 11 is 0. The van der Waals surface area contributed by atoms with E-state index in [4.69, 9.17) is 4.74 Å². The second-order valence-corrected chi connectivity index (χ2v) is 8.05. The van der Waals surface area contributed by atoms with E-state index in [1.807, 2.05) is 37.3 Å². The van der Waals surface area contributed by atoms with Crippen LogP contribution in [-0.2, 0) is 11.3 Å². The van der Waals surface area contributed by atoms with Crippen molar-refractivity contribution in [2.45, 2.75) is 32.1 Å². The summed E-state index contributed by atoms with van der Waals surface area (Å²) in [6, 6.07) is 9.14. The minimum absolute atomic E-state index is 0.0581. The number of carbonyl (C=O) groups excluding carboxylic acids is 1. The Kier molecular flexibility index (Phi) is 5.26. The molecule has 1 amide bonds. The smallest absolute Gasteiger partial charge is 0.410 e. The molecule has 1 unspecified atom stereocenters. The first-order valence-corrected chi connectivity index (χ1v) is 10.6. The summed E-state index contributed by atoms with van der Waals surface area (Å²) < 4.78 is 47.7. The van der Waals surface area contributed by atoms with Gasteiger partial charge in [0.25, 0.3) is 0 Å². The van der Waals surface area contributed by atoms with Crippen LogP contribution >= 0.6 is 0 Å². The molecule has 8 nitrogen and oxygen atoms in total. The molecular weight excluding hydrogens is 449 g/mol. The Morgan fingerprint density at radius 2 is 1.91 bits per heavy atom. The van der Waals surface area contributed by atoms with Crippen molar-refractivity contribution in [3.8, 4) is 16.9 Å². The van der Waals surface area contributed by atoms with Gasteiger partial charge in [0.05, 0.1) is 19.0 Å². The van der Waals surface area contributed by atoms with Gasteiger partial charge in [0.2, 0.25) is 5.91 Å². The van der Waals surface area contributed by atoms with E-state index in [1.165, 1.54) is 21.8 Å². The predicted molar refractivity (Wildman–Crippen MR) is 119 cm³/mol. The van der Waals surface area contributed by atoms with Crippen LogP contribution in [0.5, 0.6) is 5.75 Å². The molecule has 0 saturated heterocycles. The largest absolute Gasteiger partial charge is 0.497 e. The molecule has 0 N–H and O–H groups in total. The highest BCUT2D eigenvalue weighted by molar-refractivity contribution is 5.97. The molecule has 1 aliphatic heterocycles. The Hall–Kier alpha value is -3.89. The number of anilines is 1. The molecule has 11 heteroatoms. The molecular formula is C23H21F3N6O2. The van der Waals surface area contributed by atoms with Crippen molar-refractivity contribution in [3.05, 3.63) is 54.5 Å². The van der Waals surface area contributed by atoms with E-state index < -0.39 is 12.2 Å². The molecule has 0 saturated carbocycles. The maximum Gasteiger partial charge on any atom is 0.410 e. The van der Waals surface area contributed by atoms with Gasteiger partial charge in [0.15, 0.2) is 11.7 Å². The number of carbonyl (C=O) groups is 1. The zero-order valence-electron chi connectivity index (χ0n) is 18.5. The fourth-order valence-corrected chi connectivity index (χ4v) is 4.42. The number of methoxy groups -OCH3 is 1. The van der Waals surface area contributed by atoms with Crippen molar-refractivity contribution in [1.82, 2.24) is 24.5 Å². The van der Waals surface area contributed by atoms with Gasteiger partial charge in [0.1, 0.15) is 18.1 Å². The molecule has 0 fully saturated rings. The third-order valence-electron chi connectivity index (χ3n) is 6.02. The summed E-state index contributed by atoms with van der Waals surface area (Å²) in [5, 5.41) is 9.14. The van der Waals surface area contributed by atoms with E-state index in [1.54, 1.807) is 13.3 Å². The number of alkyl halides is 3. The van der Waals surface area contributed by atoms with Gasteiger partial charge in [-0.2, -0.15) is 23.4 Å². The van der Waals surface area contributed by atoms with E-state index in [9.17, 15) is 18.0 Å². The van der Waals surface area contributed by atoms with Crippen LogP contribution < -0.4 is 9.64 Å². The summed E-state index contributed by atoms with van der Waals surface area (Å²) in [5.41, 5.74) is 3.08. The van der Waals surface area contributed by atoms with Crippen molar-refractivity contribution < 1.29 is 22.7 Å². The molecule has 1 aliphatic rings. The van der Waals surface area contributed by atoms with Crippen LogP contribution in [-0.4, -0.2) is 50.3 Å². The number of ether oxygens (including phenoxy) is 1. The molecule has 5 rings (SSSR count). The van der Waals surface area contributed by atoms with Crippen molar-refractivity contribution in [2.24, 2.45) is 0 Å². The summed E-state index contributed by atoms with van der Waals surface area (Å²) in [7, 11) is 1.60. The first-order valence-electron chi connectivity index (χ1n) is 10.6. The number of benzene rings is 1. The van der Waals surface area contributed by atoms with Crippen LogP contribution in [0.2, 0.25) is 0 Å². The Labute approximate surface area is 192 Å². The standard InChI is InChI=1S/C23H21F3N6O2/c1-14-21-17(15-3-5-16(34-2)6-4-15)7-10-27-22(21)31(29-14)13-20(33)30-12-9-18(23(24,25)26)32-19(30)8-11-28-32/h3-8,10-11,18H,9,12-13H2,1-2H3. The number of amides is 1. The van der Waals surface area contributed by atoms with Crippen LogP contribution in [0.4, 0.5) is 19.0 Å². The van der Waals surface area contributed by atoms with Gasteiger partial charge in [-0.3, -0.25) is 9.69 Å². The molecule has 3 aromatic heterocycles. The second kappa shape index (κ2) is 8.15. The van der Waals surface area contributed by atoms with E-state index in [0.717, 1.165) is 26.9 Å². The number of nitrogens with zero attached hydrogens (tertiary/aromatic N) is 6. The Bertz CT molecular complexity index is 1360. The van der Waals surface area contributed by atoms with Crippen molar-refractivity contribution in [1.29, 1.82) is 0 Å². The molecule has 0 spiro atoms. The number of rotatable bonds is 4. The van der Waals surface area contributed by atoms with Crippen LogP contribution in [0.3, 0.4) is 0 Å². The summed E-state index contributed by atoms with van der Waals surface area (Å²) in [4.78, 5) is 18.9. The van der Waals surface area contributed by atoms with Crippen LogP contribution in [0, 0.1) is 6.92 Å². The van der Waals surface area contributed by atoms with Gasteiger partial charge in [-0.1, -0.05) is 12.1 Å². The number of halogens is 3. The SMILES string of the molecule is COc1ccc(-c2ccnc3c2c(C)nn3CC(=O)N2CCC(C(F)(F)F)n3nccc32)cc1. The molecule has 0 bridgehead atoms. The quantitative estimate of drug-likeness (QED) is 0.448. The predicted octanol–water partition coefficient (Wildman–Crippen LogP) is 4.15. The average molecular weight is 470 g/mol. The molecule has 34 heavy (non-hydrogen) atoms. The maximum absolute atomic E-state index is 13.4. The van der Waals surface area contributed by atoms with Crippen molar-refractivity contribution in [2.75, 3.05) is 18.6 Å². The lowest BCUT2D eigenvalue weighted by Crippen LogP contribution is -2.44. The molecule has 176 valence electrons. The summed E-state index contributed by atoms with van der Waals surface area (Å²) in [5.74, 6) is 0.475. The molecule has 0 radical (unpaired) electrons. The second-order valence-electron chi connectivity index (χ2n) is 8.05. The average Bonchev–Trinajstić information content (AvgIpc) is 3.43. The molecule has 1 atom stereocenters. The van der Waals surface area contributed by atoms with E-state index in [-0.39, 0.29) is 31.2 Å². The van der Waals surface area contributed by atoms with Crippen molar-refractivity contribution in [3.63, 3.8) is 0 Å². The van der Waals surface area contributed by atoms with Gasteiger partial charge < -0.3 is 4.74 Å². The molecule has 0 aliphatic carbocycles. The Morgan fingerprint density at radius 3 is 2.62 bits per heavy atom. The highest BCUT2D eigenvalue weighted by atomic mass is 19.4. The fourth-order valence-electron chi connectivity index (χ4n) is 4.42. The molecule has 4 aromatic rings. The van der Waals surface area contributed by atoms with Gasteiger partial charge in [0, 0.05) is 24.2 Å². The third kappa shape index (κ3) is 3.66. The molecule has 1 aromatic carbocycles. The lowest BCUT2D eigenvalue weighted by molar-refractivity contribution is -0.173. The highest BCUT2D eigenvalue weighted by Crippen LogP contribution is 2.39. The minimum atomic E-state index is -4.44. The minimum Gasteiger partial charge on any atom is -0.497 e. The van der Waals surface area contributed by atoms with Gasteiger partial charge in [-0.05, 0) is 42.7 Å². The number of hydrogen-bond donors (Lipinski definition) is 0. The number of aromatic nitrogens is 5. The maximum atomic E-state index is 13.4. The third-order valence-corrected chi connectivity index (χ3v) is 6.02. The first-order chi connectivity index (χ1) is 16.3. The zero-order chi connectivity index (χ0) is 24.0.